The van der Waals surface area contributed by atoms with Crippen molar-refractivity contribution in [1.82, 2.24) is 5.32 Å². The summed E-state index contributed by atoms with van der Waals surface area (Å²) in [6, 6.07) is 4.14. The Morgan fingerprint density at radius 2 is 1.83 bits per heavy atom. The number of hydrogen-bond donors (Lipinski definition) is 3. The molecule has 96 valence electrons. The molecule has 18 heavy (non-hydrogen) atoms. The molecule has 0 radical (unpaired) electrons. The van der Waals surface area contributed by atoms with Gasteiger partial charge in [-0.2, -0.15) is 0 Å². The number of hydrogen-bond acceptors (Lipinski definition) is 5. The Morgan fingerprint density at radius 3 is 2.50 bits per heavy atom. The molecule has 0 saturated carbocycles. The number of anilines is 1. The van der Waals surface area contributed by atoms with Crippen LogP contribution in [0.25, 0.3) is 0 Å². The zero-order valence-corrected chi connectivity index (χ0v) is 10.1. The van der Waals surface area contributed by atoms with E-state index in [-0.39, 0.29) is 29.1 Å². The van der Waals surface area contributed by atoms with Crippen LogP contribution in [0.15, 0.2) is 18.2 Å². The van der Waals surface area contributed by atoms with Crippen molar-refractivity contribution in [3.8, 4) is 0 Å². The van der Waals surface area contributed by atoms with E-state index in [2.05, 4.69) is 10.0 Å². The number of amides is 2. The molecule has 0 bridgehead atoms. The van der Waals surface area contributed by atoms with Gasteiger partial charge < -0.3 is 5.73 Å². The second-order valence-corrected chi connectivity index (χ2v) is 5.60. The van der Waals surface area contributed by atoms with Gasteiger partial charge in [0, 0.05) is 12.2 Å². The lowest BCUT2D eigenvalue weighted by Gasteiger charge is -2.07. The minimum absolute atomic E-state index is 0.000748. The predicted molar refractivity (Wildman–Crippen MR) is 64.7 cm³/mol. The van der Waals surface area contributed by atoms with Gasteiger partial charge in [0.2, 0.25) is 10.0 Å². The van der Waals surface area contributed by atoms with Gasteiger partial charge in [-0.15, -0.1) is 0 Å². The van der Waals surface area contributed by atoms with Crippen molar-refractivity contribution in [2.24, 2.45) is 5.73 Å². The van der Waals surface area contributed by atoms with E-state index >= 15 is 0 Å². The molecular weight excluding hydrogens is 258 g/mol. The van der Waals surface area contributed by atoms with Gasteiger partial charge in [0.05, 0.1) is 16.9 Å². The fourth-order valence-corrected chi connectivity index (χ4v) is 2.52. The van der Waals surface area contributed by atoms with Crippen molar-refractivity contribution in [2.45, 2.75) is 0 Å². The molecule has 2 amide bonds. The van der Waals surface area contributed by atoms with E-state index in [0.717, 1.165) is 0 Å². The molecule has 0 aliphatic carbocycles. The summed E-state index contributed by atoms with van der Waals surface area (Å²) in [4.78, 5) is 22.7. The molecule has 1 aromatic carbocycles. The Labute approximate surface area is 103 Å². The summed E-state index contributed by atoms with van der Waals surface area (Å²) in [5, 5.41) is 2.12. The fourth-order valence-electron chi connectivity index (χ4n) is 1.62. The van der Waals surface area contributed by atoms with E-state index < -0.39 is 21.8 Å². The maximum absolute atomic E-state index is 11.5. The zero-order valence-electron chi connectivity index (χ0n) is 9.26. The summed E-state index contributed by atoms with van der Waals surface area (Å²) in [7, 11) is -3.52. The highest BCUT2D eigenvalue weighted by molar-refractivity contribution is 7.92. The largest absolute Gasteiger partial charge is 0.329 e. The highest BCUT2D eigenvalue weighted by Crippen LogP contribution is 2.20. The van der Waals surface area contributed by atoms with Gasteiger partial charge in [-0.3, -0.25) is 19.6 Å². The second-order valence-electron chi connectivity index (χ2n) is 3.75. The summed E-state index contributed by atoms with van der Waals surface area (Å²) >= 11 is 0. The van der Waals surface area contributed by atoms with E-state index in [1.807, 2.05) is 0 Å². The minimum Gasteiger partial charge on any atom is -0.329 e. The molecule has 8 heteroatoms. The minimum atomic E-state index is -3.52. The summed E-state index contributed by atoms with van der Waals surface area (Å²) in [6.45, 7) is -0.000748. The summed E-state index contributed by atoms with van der Waals surface area (Å²) in [5.41, 5.74) is 5.80. The fraction of sp³-hybridized carbons (Fsp3) is 0.200. The van der Waals surface area contributed by atoms with Gasteiger partial charge in [0.25, 0.3) is 11.8 Å². The second kappa shape index (κ2) is 4.39. The molecule has 1 aliphatic heterocycles. The lowest BCUT2D eigenvalue weighted by Crippen LogP contribution is -2.22. The van der Waals surface area contributed by atoms with E-state index in [4.69, 9.17) is 5.73 Å². The molecular formula is C10H11N3O4S. The van der Waals surface area contributed by atoms with Crippen LogP contribution in [-0.2, 0) is 10.0 Å². The first-order valence-corrected chi connectivity index (χ1v) is 6.78. The van der Waals surface area contributed by atoms with Crippen LogP contribution in [0, 0.1) is 0 Å². The van der Waals surface area contributed by atoms with Gasteiger partial charge in [-0.05, 0) is 18.2 Å². The zero-order chi connectivity index (χ0) is 13.3. The van der Waals surface area contributed by atoms with Crippen LogP contribution in [0.2, 0.25) is 0 Å². The molecule has 0 unspecified atom stereocenters. The Bertz CT molecular complexity index is 624. The Hall–Kier alpha value is -1.93. The third-order valence-corrected chi connectivity index (χ3v) is 3.72. The van der Waals surface area contributed by atoms with Crippen LogP contribution in [0.3, 0.4) is 0 Å². The standard InChI is InChI=1S/C10H11N3O4S/c11-3-4-18(16,17)13-6-1-2-7-8(5-6)10(15)12-9(7)14/h1-2,5,13H,3-4,11H2,(H,12,14,15). The number of fused-ring (bicyclic) bond motifs is 1. The van der Waals surface area contributed by atoms with Crippen LogP contribution < -0.4 is 15.8 Å². The maximum atomic E-state index is 11.5. The third-order valence-electron chi connectivity index (χ3n) is 2.40. The Morgan fingerprint density at radius 1 is 1.17 bits per heavy atom. The number of nitrogens with one attached hydrogen (secondary N) is 2. The molecule has 0 atom stereocenters. The molecule has 1 aliphatic rings. The van der Waals surface area contributed by atoms with Gasteiger partial charge in [0.1, 0.15) is 0 Å². The highest BCUT2D eigenvalue weighted by atomic mass is 32.2. The van der Waals surface area contributed by atoms with E-state index in [9.17, 15) is 18.0 Å². The number of rotatable bonds is 4. The molecule has 0 spiro atoms. The number of benzene rings is 1. The van der Waals surface area contributed by atoms with Crippen molar-refractivity contribution < 1.29 is 18.0 Å². The van der Waals surface area contributed by atoms with Gasteiger partial charge in [-0.25, -0.2) is 8.42 Å². The van der Waals surface area contributed by atoms with Gasteiger partial charge in [-0.1, -0.05) is 0 Å². The lowest BCUT2D eigenvalue weighted by atomic mass is 10.1. The SMILES string of the molecule is NCCS(=O)(=O)Nc1ccc2c(c1)C(=O)NC2=O. The van der Waals surface area contributed by atoms with Crippen molar-refractivity contribution in [3.05, 3.63) is 29.3 Å². The number of imide groups is 1. The normalized spacial score (nSPS) is 14.3. The maximum Gasteiger partial charge on any atom is 0.259 e. The van der Waals surface area contributed by atoms with E-state index in [0.29, 0.717) is 0 Å². The third kappa shape index (κ3) is 2.34. The van der Waals surface area contributed by atoms with Crippen LogP contribution >= 0.6 is 0 Å². The quantitative estimate of drug-likeness (QED) is 0.623. The highest BCUT2D eigenvalue weighted by Gasteiger charge is 2.27. The molecule has 2 rings (SSSR count). The Kier molecular flexibility index (Phi) is 3.05. The van der Waals surface area contributed by atoms with Crippen molar-refractivity contribution in [1.29, 1.82) is 0 Å². The molecule has 1 heterocycles. The smallest absolute Gasteiger partial charge is 0.259 e. The molecule has 7 nitrogen and oxygen atoms in total. The number of carbonyl (C=O) groups excluding carboxylic acids is 2. The van der Waals surface area contributed by atoms with Crippen LogP contribution in [-0.4, -0.2) is 32.5 Å². The number of nitrogens with two attached hydrogens (primary N) is 1. The molecule has 0 fully saturated rings. The first-order valence-electron chi connectivity index (χ1n) is 5.13. The molecule has 4 N–H and O–H groups in total. The average molecular weight is 269 g/mol. The predicted octanol–water partition coefficient (Wildman–Crippen LogP) is -0.729. The Balaban J connectivity index is 2.31. The summed E-state index contributed by atoms with van der Waals surface area (Å²) < 4.78 is 25.3. The molecule has 0 aromatic heterocycles. The summed E-state index contributed by atoms with van der Waals surface area (Å²) in [5.74, 6) is -1.23. The average Bonchev–Trinajstić information content (AvgIpc) is 2.53. The van der Waals surface area contributed by atoms with Crippen LogP contribution in [0.4, 0.5) is 5.69 Å². The molecule has 1 aromatic rings. The van der Waals surface area contributed by atoms with E-state index in [1.54, 1.807) is 0 Å². The van der Waals surface area contributed by atoms with Crippen molar-refractivity contribution >= 4 is 27.5 Å². The van der Waals surface area contributed by atoms with Crippen LogP contribution in [0.5, 0.6) is 0 Å². The van der Waals surface area contributed by atoms with E-state index in [1.165, 1.54) is 18.2 Å². The summed E-state index contributed by atoms with van der Waals surface area (Å²) in [6.07, 6.45) is 0. The van der Waals surface area contributed by atoms with Gasteiger partial charge >= 0.3 is 0 Å². The monoisotopic (exact) mass is 269 g/mol. The van der Waals surface area contributed by atoms with Crippen molar-refractivity contribution in [2.75, 3.05) is 17.0 Å². The molecule has 0 saturated heterocycles. The number of carbonyl (C=O) groups is 2. The first kappa shape index (κ1) is 12.5. The lowest BCUT2D eigenvalue weighted by molar-refractivity contribution is 0.0879. The van der Waals surface area contributed by atoms with Crippen molar-refractivity contribution in [3.63, 3.8) is 0 Å². The van der Waals surface area contributed by atoms with Gasteiger partial charge in [0.15, 0.2) is 0 Å². The topological polar surface area (TPSA) is 118 Å². The number of sulfonamides is 1. The first-order chi connectivity index (χ1) is 8.43. The van der Waals surface area contributed by atoms with Crippen LogP contribution in [0.1, 0.15) is 20.7 Å².